The zero-order chi connectivity index (χ0) is 23.8. The molecule has 2 aliphatic rings. The van der Waals surface area contributed by atoms with E-state index in [2.05, 4.69) is 47.8 Å². The van der Waals surface area contributed by atoms with Crippen molar-refractivity contribution in [1.29, 1.82) is 0 Å². The number of benzene rings is 3. The normalized spacial score (nSPS) is 20.4. The Morgan fingerprint density at radius 3 is 2.37 bits per heavy atom. The van der Waals surface area contributed by atoms with Gasteiger partial charge in [0.1, 0.15) is 0 Å². The monoisotopic (exact) mass is 482 g/mol. The number of para-hydroxylation sites is 1. The Labute approximate surface area is 207 Å². The van der Waals surface area contributed by atoms with Gasteiger partial charge in [-0.25, -0.2) is 12.4 Å². The fraction of sp³-hybridized carbons (Fsp3) is 0.267. The lowest BCUT2D eigenvalue weighted by molar-refractivity contribution is 0.355. The lowest BCUT2D eigenvalue weighted by Gasteiger charge is -2.31. The van der Waals surface area contributed by atoms with E-state index in [9.17, 15) is 8.42 Å². The van der Waals surface area contributed by atoms with Crippen LogP contribution in [0.4, 0.5) is 0 Å². The number of aromatic nitrogens is 1. The highest BCUT2D eigenvalue weighted by Gasteiger charge is 2.32. The van der Waals surface area contributed by atoms with Crippen molar-refractivity contribution in [2.45, 2.75) is 43.0 Å². The summed E-state index contributed by atoms with van der Waals surface area (Å²) >= 11 is 0. The highest BCUT2D eigenvalue weighted by molar-refractivity contribution is 7.90. The molecule has 4 nitrogen and oxygen atoms in total. The van der Waals surface area contributed by atoms with Gasteiger partial charge in [-0.2, -0.15) is 0 Å². The van der Waals surface area contributed by atoms with Crippen LogP contribution < -0.4 is 5.32 Å². The molecule has 4 aromatic rings. The van der Waals surface area contributed by atoms with Gasteiger partial charge in [-0.3, -0.25) is 0 Å². The van der Waals surface area contributed by atoms with Crippen molar-refractivity contribution >= 4 is 26.5 Å². The molecule has 1 aliphatic carbocycles. The van der Waals surface area contributed by atoms with Crippen molar-refractivity contribution in [1.82, 2.24) is 9.29 Å². The maximum absolute atomic E-state index is 13.7. The molecule has 2 atom stereocenters. The van der Waals surface area contributed by atoms with Gasteiger partial charge in [0, 0.05) is 23.7 Å². The molecule has 0 saturated carbocycles. The zero-order valence-electron chi connectivity index (χ0n) is 19.7. The third kappa shape index (κ3) is 4.13. The molecule has 3 aromatic carbocycles. The van der Waals surface area contributed by atoms with E-state index in [4.69, 9.17) is 0 Å². The van der Waals surface area contributed by atoms with Gasteiger partial charge in [-0.1, -0.05) is 72.8 Å². The van der Waals surface area contributed by atoms with E-state index in [1.54, 1.807) is 28.2 Å². The van der Waals surface area contributed by atoms with Gasteiger partial charge in [0.25, 0.3) is 10.0 Å². The van der Waals surface area contributed by atoms with Gasteiger partial charge in [0.2, 0.25) is 0 Å². The molecule has 5 heteroatoms. The van der Waals surface area contributed by atoms with E-state index < -0.39 is 10.0 Å². The molecule has 178 valence electrons. The minimum Gasteiger partial charge on any atom is -0.310 e. The second-order valence-corrected chi connectivity index (χ2v) is 11.6. The second-order valence-electron chi connectivity index (χ2n) is 9.77. The van der Waals surface area contributed by atoms with Gasteiger partial charge >= 0.3 is 0 Å². The van der Waals surface area contributed by atoms with Crippen molar-refractivity contribution in [3.05, 3.63) is 108 Å². The first-order valence-corrected chi connectivity index (χ1v) is 13.9. The van der Waals surface area contributed by atoms with E-state index in [-0.39, 0.29) is 0 Å². The number of nitrogens with one attached hydrogen (secondary N) is 1. The summed E-state index contributed by atoms with van der Waals surface area (Å²) in [5, 5.41) is 4.78. The highest BCUT2D eigenvalue weighted by atomic mass is 32.2. The van der Waals surface area contributed by atoms with Crippen LogP contribution in [0, 0.1) is 5.92 Å². The third-order valence-corrected chi connectivity index (χ3v) is 9.35. The average Bonchev–Trinajstić information content (AvgIpc) is 3.24. The van der Waals surface area contributed by atoms with Crippen LogP contribution in [0.1, 0.15) is 36.1 Å². The Kier molecular flexibility index (Phi) is 5.83. The first-order chi connectivity index (χ1) is 17.1. The van der Waals surface area contributed by atoms with Gasteiger partial charge in [0.15, 0.2) is 0 Å². The van der Waals surface area contributed by atoms with Crippen LogP contribution in [0.3, 0.4) is 0 Å². The number of hydrogen-bond donors (Lipinski definition) is 1. The standard InChI is InChI=1S/C30H30N2O2S/c33-35(34,26-11-5-2-6-12-26)32-29-14-8-7-13-27(29)28-20-22(15-16-30(28)32)19-25-21-24(17-18-31-25)23-9-3-1-4-10-23/h1-14,17,22,25,31H,15-16,18-21H2. The Hall–Kier alpha value is -3.15. The van der Waals surface area contributed by atoms with Crippen LogP contribution in [-0.2, 0) is 22.9 Å². The van der Waals surface area contributed by atoms with E-state index >= 15 is 0 Å². The molecule has 0 saturated heterocycles. The van der Waals surface area contributed by atoms with Crippen molar-refractivity contribution in [3.8, 4) is 0 Å². The Bertz CT molecular complexity index is 1490. The van der Waals surface area contributed by atoms with Gasteiger partial charge in [-0.15, -0.1) is 0 Å². The van der Waals surface area contributed by atoms with Crippen molar-refractivity contribution in [3.63, 3.8) is 0 Å². The second kappa shape index (κ2) is 9.14. The quantitative estimate of drug-likeness (QED) is 0.390. The minimum absolute atomic E-state index is 0.345. The van der Waals surface area contributed by atoms with E-state index in [0.717, 1.165) is 55.2 Å². The summed E-state index contributed by atoms with van der Waals surface area (Å²) in [6, 6.07) is 27.9. The van der Waals surface area contributed by atoms with Crippen LogP contribution in [0.2, 0.25) is 0 Å². The van der Waals surface area contributed by atoms with Crippen molar-refractivity contribution in [2.24, 2.45) is 5.92 Å². The molecular weight excluding hydrogens is 452 g/mol. The number of hydrogen-bond acceptors (Lipinski definition) is 3. The molecule has 6 rings (SSSR count). The van der Waals surface area contributed by atoms with Gasteiger partial charge in [-0.05, 0) is 72.9 Å². The Morgan fingerprint density at radius 2 is 1.57 bits per heavy atom. The van der Waals surface area contributed by atoms with E-state index in [0.29, 0.717) is 16.9 Å². The van der Waals surface area contributed by atoms with Gasteiger partial charge < -0.3 is 5.32 Å². The lowest BCUT2D eigenvalue weighted by atomic mass is 9.80. The average molecular weight is 483 g/mol. The minimum atomic E-state index is -3.65. The largest absolute Gasteiger partial charge is 0.310 e. The summed E-state index contributed by atoms with van der Waals surface area (Å²) in [6.45, 7) is 0.904. The van der Waals surface area contributed by atoms with Crippen LogP contribution in [0.15, 0.2) is 95.9 Å². The lowest BCUT2D eigenvalue weighted by Crippen LogP contribution is -2.35. The first-order valence-electron chi connectivity index (χ1n) is 12.5. The summed E-state index contributed by atoms with van der Waals surface area (Å²) in [5.41, 5.74) is 5.72. The molecule has 0 fully saturated rings. The number of rotatable bonds is 5. The molecule has 1 aromatic heterocycles. The molecule has 0 radical (unpaired) electrons. The summed E-state index contributed by atoms with van der Waals surface area (Å²) in [6.07, 6.45) is 7.18. The molecule has 0 spiro atoms. The van der Waals surface area contributed by atoms with Crippen LogP contribution in [0.5, 0.6) is 0 Å². The predicted octanol–water partition coefficient (Wildman–Crippen LogP) is 5.82. The van der Waals surface area contributed by atoms with Crippen LogP contribution >= 0.6 is 0 Å². The third-order valence-electron chi connectivity index (χ3n) is 7.59. The Balaban J connectivity index is 1.29. The highest BCUT2D eigenvalue weighted by Crippen LogP contribution is 2.38. The maximum Gasteiger partial charge on any atom is 0.268 e. The number of fused-ring (bicyclic) bond motifs is 3. The fourth-order valence-electron chi connectivity index (χ4n) is 5.94. The Morgan fingerprint density at radius 1 is 0.857 bits per heavy atom. The molecule has 1 aliphatic heterocycles. The zero-order valence-corrected chi connectivity index (χ0v) is 20.5. The molecule has 2 heterocycles. The van der Waals surface area contributed by atoms with Crippen LogP contribution in [0.25, 0.3) is 16.5 Å². The van der Waals surface area contributed by atoms with E-state index in [1.807, 2.05) is 24.3 Å². The topological polar surface area (TPSA) is 51.1 Å². The predicted molar refractivity (Wildman–Crippen MR) is 142 cm³/mol. The summed E-state index contributed by atoms with van der Waals surface area (Å²) in [4.78, 5) is 0.345. The summed E-state index contributed by atoms with van der Waals surface area (Å²) in [7, 11) is -3.65. The van der Waals surface area contributed by atoms with Crippen molar-refractivity contribution in [2.75, 3.05) is 6.54 Å². The maximum atomic E-state index is 13.7. The smallest absolute Gasteiger partial charge is 0.268 e. The molecule has 0 amide bonds. The molecule has 2 unspecified atom stereocenters. The van der Waals surface area contributed by atoms with E-state index in [1.165, 1.54) is 16.7 Å². The molecular formula is C30H30N2O2S. The summed E-state index contributed by atoms with van der Waals surface area (Å²) in [5.74, 6) is 0.536. The summed E-state index contributed by atoms with van der Waals surface area (Å²) < 4.78 is 29.0. The SMILES string of the molecule is O=S(=O)(c1ccccc1)n1c2c(c3ccccc31)CC(CC1CC(c3ccccc3)=CCN1)CC2. The fourth-order valence-corrected chi connectivity index (χ4v) is 7.56. The molecule has 35 heavy (non-hydrogen) atoms. The van der Waals surface area contributed by atoms with Gasteiger partial charge in [0.05, 0.1) is 10.4 Å². The molecule has 1 N–H and O–H groups in total. The first kappa shape index (κ1) is 22.3. The van der Waals surface area contributed by atoms with Crippen LogP contribution in [-0.4, -0.2) is 25.0 Å². The molecule has 0 bridgehead atoms. The van der Waals surface area contributed by atoms with Crippen molar-refractivity contribution < 1.29 is 8.42 Å². The number of nitrogens with zero attached hydrogens (tertiary/aromatic N) is 1.